The van der Waals surface area contributed by atoms with Crippen LogP contribution in [0.4, 0.5) is 0 Å². The van der Waals surface area contributed by atoms with Gasteiger partial charge in [0.2, 0.25) is 0 Å². The molecular formula is C18H19N. The lowest BCUT2D eigenvalue weighted by molar-refractivity contribution is 0.538. The molecule has 1 nitrogen and oxygen atoms in total. The number of hydrogen-bond acceptors (Lipinski definition) is 0. The minimum absolute atomic E-state index is 0.637. The molecule has 0 radical (unpaired) electrons. The van der Waals surface area contributed by atoms with Crippen LogP contribution in [0.1, 0.15) is 13.8 Å². The van der Waals surface area contributed by atoms with E-state index in [1.807, 2.05) is 0 Å². The molecule has 0 atom stereocenters. The Morgan fingerprint density at radius 3 is 2.32 bits per heavy atom. The Bertz CT molecular complexity index is 677. The summed E-state index contributed by atoms with van der Waals surface area (Å²) in [6.07, 6.45) is 0. The van der Waals surface area contributed by atoms with Gasteiger partial charge < -0.3 is 4.57 Å². The summed E-state index contributed by atoms with van der Waals surface area (Å²) in [5, 5.41) is 1.32. The van der Waals surface area contributed by atoms with Crippen molar-refractivity contribution in [1.29, 1.82) is 0 Å². The number of benzene rings is 2. The van der Waals surface area contributed by atoms with E-state index in [0.29, 0.717) is 5.92 Å². The highest BCUT2D eigenvalue weighted by atomic mass is 15.0. The van der Waals surface area contributed by atoms with Crippen LogP contribution in [0, 0.1) is 5.92 Å². The quantitative estimate of drug-likeness (QED) is 0.618. The molecule has 0 fully saturated rings. The first kappa shape index (κ1) is 12.0. The molecule has 0 aliphatic rings. The molecule has 19 heavy (non-hydrogen) atoms. The van der Waals surface area contributed by atoms with Crippen molar-refractivity contribution in [3.63, 3.8) is 0 Å². The van der Waals surface area contributed by atoms with Gasteiger partial charge in [-0.1, -0.05) is 62.4 Å². The molecule has 0 saturated heterocycles. The zero-order valence-electron chi connectivity index (χ0n) is 11.5. The molecule has 1 heterocycles. The second-order valence-electron chi connectivity index (χ2n) is 5.46. The van der Waals surface area contributed by atoms with Crippen LogP contribution in [0.3, 0.4) is 0 Å². The number of aromatic nitrogens is 1. The van der Waals surface area contributed by atoms with E-state index in [9.17, 15) is 0 Å². The lowest BCUT2D eigenvalue weighted by Gasteiger charge is -2.13. The van der Waals surface area contributed by atoms with Crippen molar-refractivity contribution in [2.45, 2.75) is 20.4 Å². The van der Waals surface area contributed by atoms with Crippen molar-refractivity contribution in [2.24, 2.45) is 5.92 Å². The van der Waals surface area contributed by atoms with Gasteiger partial charge in [-0.2, -0.15) is 0 Å². The molecule has 96 valence electrons. The van der Waals surface area contributed by atoms with Gasteiger partial charge in [0, 0.05) is 23.1 Å². The van der Waals surface area contributed by atoms with Gasteiger partial charge in [0.25, 0.3) is 0 Å². The van der Waals surface area contributed by atoms with Crippen LogP contribution >= 0.6 is 0 Å². The summed E-state index contributed by atoms with van der Waals surface area (Å²) in [5.41, 5.74) is 3.94. The smallest absolute Gasteiger partial charge is 0.0491 e. The number of nitrogens with zero attached hydrogens (tertiary/aromatic N) is 1. The lowest BCUT2D eigenvalue weighted by atomic mass is 10.1. The van der Waals surface area contributed by atoms with Crippen LogP contribution in [0.25, 0.3) is 22.2 Å². The summed E-state index contributed by atoms with van der Waals surface area (Å²) in [4.78, 5) is 0. The maximum absolute atomic E-state index is 2.44. The van der Waals surface area contributed by atoms with Gasteiger partial charge in [-0.3, -0.25) is 0 Å². The molecule has 0 aliphatic carbocycles. The topological polar surface area (TPSA) is 4.93 Å². The van der Waals surface area contributed by atoms with E-state index in [1.165, 1.54) is 22.2 Å². The Labute approximate surface area is 114 Å². The van der Waals surface area contributed by atoms with Crippen molar-refractivity contribution < 1.29 is 0 Å². The molecule has 3 rings (SSSR count). The van der Waals surface area contributed by atoms with Crippen LogP contribution in [-0.4, -0.2) is 4.57 Å². The van der Waals surface area contributed by atoms with Gasteiger partial charge in [-0.05, 0) is 23.6 Å². The fourth-order valence-electron chi connectivity index (χ4n) is 2.62. The van der Waals surface area contributed by atoms with Crippen molar-refractivity contribution in [2.75, 3.05) is 0 Å². The fraction of sp³-hybridized carbons (Fsp3) is 0.222. The number of fused-ring (bicyclic) bond motifs is 1. The first-order chi connectivity index (χ1) is 9.25. The number of para-hydroxylation sites is 1. The third-order valence-electron chi connectivity index (χ3n) is 3.43. The molecule has 0 unspecified atom stereocenters. The Kier molecular flexibility index (Phi) is 3.12. The van der Waals surface area contributed by atoms with Gasteiger partial charge in [0.05, 0.1) is 0 Å². The first-order valence-electron chi connectivity index (χ1n) is 6.89. The third-order valence-corrected chi connectivity index (χ3v) is 3.43. The van der Waals surface area contributed by atoms with Crippen molar-refractivity contribution in [3.05, 3.63) is 60.7 Å². The molecule has 2 aromatic carbocycles. The summed E-state index contributed by atoms with van der Waals surface area (Å²) >= 11 is 0. The van der Waals surface area contributed by atoms with Crippen LogP contribution in [0.2, 0.25) is 0 Å². The predicted molar refractivity (Wildman–Crippen MR) is 82.2 cm³/mol. The van der Waals surface area contributed by atoms with E-state index in [0.717, 1.165) is 6.54 Å². The predicted octanol–water partition coefficient (Wildman–Crippen LogP) is 4.96. The molecule has 1 aromatic heterocycles. The van der Waals surface area contributed by atoms with E-state index in [1.54, 1.807) is 0 Å². The molecule has 3 aromatic rings. The van der Waals surface area contributed by atoms with E-state index >= 15 is 0 Å². The number of hydrogen-bond donors (Lipinski definition) is 0. The molecular weight excluding hydrogens is 230 g/mol. The van der Waals surface area contributed by atoms with Gasteiger partial charge in [-0.25, -0.2) is 0 Å². The SMILES string of the molecule is CC(C)Cn1c(-c2ccccc2)cc2ccccc21. The monoisotopic (exact) mass is 249 g/mol. The first-order valence-corrected chi connectivity index (χ1v) is 6.89. The standard InChI is InChI=1S/C18H19N/c1-14(2)13-19-17-11-7-6-10-16(17)12-18(19)15-8-4-3-5-9-15/h3-12,14H,13H2,1-2H3. The van der Waals surface area contributed by atoms with Crippen LogP contribution in [-0.2, 0) is 6.54 Å². The van der Waals surface area contributed by atoms with E-state index in [4.69, 9.17) is 0 Å². The lowest BCUT2D eigenvalue weighted by Crippen LogP contribution is -2.05. The van der Waals surface area contributed by atoms with Gasteiger partial charge >= 0.3 is 0 Å². The second kappa shape index (κ2) is 4.93. The molecule has 0 bridgehead atoms. The van der Waals surface area contributed by atoms with Crippen LogP contribution in [0.15, 0.2) is 60.7 Å². The third kappa shape index (κ3) is 2.28. The Morgan fingerprint density at radius 2 is 1.58 bits per heavy atom. The van der Waals surface area contributed by atoms with E-state index in [2.05, 4.69) is 79.1 Å². The zero-order chi connectivity index (χ0) is 13.2. The highest BCUT2D eigenvalue weighted by Crippen LogP contribution is 2.28. The Balaban J connectivity index is 2.23. The zero-order valence-corrected chi connectivity index (χ0v) is 11.5. The maximum Gasteiger partial charge on any atom is 0.0491 e. The minimum atomic E-state index is 0.637. The summed E-state index contributed by atoms with van der Waals surface area (Å²) in [7, 11) is 0. The number of rotatable bonds is 3. The van der Waals surface area contributed by atoms with Crippen molar-refractivity contribution in [1.82, 2.24) is 4.57 Å². The fourth-order valence-corrected chi connectivity index (χ4v) is 2.62. The molecule has 1 heteroatoms. The summed E-state index contributed by atoms with van der Waals surface area (Å²) < 4.78 is 2.44. The van der Waals surface area contributed by atoms with Gasteiger partial charge in [0.1, 0.15) is 0 Å². The van der Waals surface area contributed by atoms with Crippen molar-refractivity contribution >= 4 is 10.9 Å². The Hall–Kier alpha value is -2.02. The second-order valence-corrected chi connectivity index (χ2v) is 5.46. The van der Waals surface area contributed by atoms with Crippen LogP contribution < -0.4 is 0 Å². The summed E-state index contributed by atoms with van der Waals surface area (Å²) in [5.74, 6) is 0.637. The van der Waals surface area contributed by atoms with Gasteiger partial charge in [0.15, 0.2) is 0 Å². The summed E-state index contributed by atoms with van der Waals surface area (Å²) in [6, 6.07) is 21.6. The largest absolute Gasteiger partial charge is 0.340 e. The Morgan fingerprint density at radius 1 is 0.895 bits per heavy atom. The van der Waals surface area contributed by atoms with Crippen LogP contribution in [0.5, 0.6) is 0 Å². The molecule has 0 spiro atoms. The van der Waals surface area contributed by atoms with Gasteiger partial charge in [-0.15, -0.1) is 0 Å². The highest BCUT2D eigenvalue weighted by molar-refractivity contribution is 5.87. The average Bonchev–Trinajstić information content (AvgIpc) is 2.78. The summed E-state index contributed by atoms with van der Waals surface area (Å²) in [6.45, 7) is 5.59. The highest BCUT2D eigenvalue weighted by Gasteiger charge is 2.10. The molecule has 0 amide bonds. The molecule has 0 aliphatic heterocycles. The van der Waals surface area contributed by atoms with E-state index < -0.39 is 0 Å². The average molecular weight is 249 g/mol. The molecule has 0 N–H and O–H groups in total. The minimum Gasteiger partial charge on any atom is -0.340 e. The normalized spacial score (nSPS) is 11.3. The molecule has 0 saturated carbocycles. The van der Waals surface area contributed by atoms with E-state index in [-0.39, 0.29) is 0 Å². The maximum atomic E-state index is 2.44. The van der Waals surface area contributed by atoms with Crippen molar-refractivity contribution in [3.8, 4) is 11.3 Å².